The maximum absolute atomic E-state index is 12.1. The van der Waals surface area contributed by atoms with Gasteiger partial charge in [0.05, 0.1) is 4.90 Å². The number of rotatable bonds is 6. The largest absolute Gasteiger partial charge is 0.483 e. The van der Waals surface area contributed by atoms with Crippen LogP contribution in [0.3, 0.4) is 0 Å². The fourth-order valence-electron chi connectivity index (χ4n) is 2.52. The van der Waals surface area contributed by atoms with Crippen LogP contribution in [0.5, 0.6) is 5.75 Å². The van der Waals surface area contributed by atoms with Crippen molar-refractivity contribution in [1.82, 2.24) is 0 Å². The molecule has 0 spiro atoms. The number of hydrogen-bond donors (Lipinski definition) is 2. The summed E-state index contributed by atoms with van der Waals surface area (Å²) >= 11 is 0. The van der Waals surface area contributed by atoms with Gasteiger partial charge < -0.3 is 10.1 Å². The number of primary sulfonamides is 1. The molecule has 0 aliphatic carbocycles. The molecule has 3 rings (SSSR count). The minimum atomic E-state index is -3.76. The maximum Gasteiger partial charge on any atom is 0.262 e. The molecule has 0 aliphatic heterocycles. The molecule has 7 heteroatoms. The predicted molar refractivity (Wildman–Crippen MR) is 104 cm³/mol. The summed E-state index contributed by atoms with van der Waals surface area (Å²) in [5.74, 6) is 0.240. The summed E-state index contributed by atoms with van der Waals surface area (Å²) in [6.07, 6.45) is 0. The first-order chi connectivity index (χ1) is 12.9. The lowest BCUT2D eigenvalue weighted by Gasteiger charge is -2.12. The third-order valence-electron chi connectivity index (χ3n) is 3.80. The van der Waals surface area contributed by atoms with Crippen molar-refractivity contribution < 1.29 is 17.9 Å². The molecular weight excluding hydrogens is 364 g/mol. The first-order valence-electron chi connectivity index (χ1n) is 8.13. The molecule has 0 unspecified atom stereocenters. The van der Waals surface area contributed by atoms with Crippen LogP contribution in [0, 0.1) is 0 Å². The first-order valence-corrected chi connectivity index (χ1v) is 9.68. The molecule has 0 saturated carbocycles. The molecule has 0 aromatic heterocycles. The van der Waals surface area contributed by atoms with Crippen molar-refractivity contribution in [2.24, 2.45) is 5.14 Å². The third kappa shape index (κ3) is 4.93. The Kier molecular flexibility index (Phi) is 5.54. The smallest absolute Gasteiger partial charge is 0.262 e. The average molecular weight is 382 g/mol. The van der Waals surface area contributed by atoms with Gasteiger partial charge in [-0.3, -0.25) is 4.79 Å². The van der Waals surface area contributed by atoms with E-state index in [0.29, 0.717) is 11.4 Å². The van der Waals surface area contributed by atoms with Gasteiger partial charge in [-0.05, 0) is 35.9 Å². The topological polar surface area (TPSA) is 98.5 Å². The fraction of sp³-hybridized carbons (Fsp3) is 0.0500. The highest BCUT2D eigenvalue weighted by atomic mass is 32.2. The normalized spacial score (nSPS) is 11.0. The number of ether oxygens (including phenoxy) is 1. The van der Waals surface area contributed by atoms with Crippen molar-refractivity contribution in [3.63, 3.8) is 0 Å². The summed E-state index contributed by atoms with van der Waals surface area (Å²) in [5.41, 5.74) is 2.34. The number of nitrogens with two attached hydrogens (primary N) is 1. The highest BCUT2D eigenvalue weighted by Crippen LogP contribution is 2.29. The Morgan fingerprint density at radius 2 is 1.52 bits per heavy atom. The quantitative estimate of drug-likeness (QED) is 0.685. The van der Waals surface area contributed by atoms with Crippen LogP contribution in [-0.2, 0) is 14.8 Å². The van der Waals surface area contributed by atoms with Crippen molar-refractivity contribution in [3.8, 4) is 16.9 Å². The Labute approximate surface area is 157 Å². The molecule has 6 nitrogen and oxygen atoms in total. The molecule has 138 valence electrons. The second kappa shape index (κ2) is 8.03. The van der Waals surface area contributed by atoms with Crippen molar-refractivity contribution in [1.29, 1.82) is 0 Å². The number of benzene rings is 3. The Bertz CT molecular complexity index is 1030. The zero-order valence-corrected chi connectivity index (χ0v) is 15.1. The molecule has 0 atom stereocenters. The van der Waals surface area contributed by atoms with Crippen LogP contribution >= 0.6 is 0 Å². The van der Waals surface area contributed by atoms with Gasteiger partial charge in [0.2, 0.25) is 10.0 Å². The van der Waals surface area contributed by atoms with E-state index in [1.807, 2.05) is 48.5 Å². The number of hydrogen-bond acceptors (Lipinski definition) is 4. The summed E-state index contributed by atoms with van der Waals surface area (Å²) < 4.78 is 28.2. The van der Waals surface area contributed by atoms with Crippen molar-refractivity contribution in [2.75, 3.05) is 11.9 Å². The number of carbonyl (C=O) groups is 1. The van der Waals surface area contributed by atoms with Gasteiger partial charge in [0.15, 0.2) is 6.61 Å². The molecule has 0 bridgehead atoms. The molecule has 3 aromatic rings. The molecule has 27 heavy (non-hydrogen) atoms. The van der Waals surface area contributed by atoms with Gasteiger partial charge in [0.25, 0.3) is 5.91 Å². The van der Waals surface area contributed by atoms with Crippen LogP contribution in [-0.4, -0.2) is 20.9 Å². The minimum Gasteiger partial charge on any atom is -0.483 e. The van der Waals surface area contributed by atoms with E-state index in [1.54, 1.807) is 6.07 Å². The van der Waals surface area contributed by atoms with E-state index in [9.17, 15) is 13.2 Å². The summed E-state index contributed by atoms with van der Waals surface area (Å²) in [6, 6.07) is 22.8. The van der Waals surface area contributed by atoms with Gasteiger partial charge in [-0.2, -0.15) is 0 Å². The van der Waals surface area contributed by atoms with E-state index in [4.69, 9.17) is 9.88 Å². The fourth-order valence-corrected chi connectivity index (χ4v) is 3.03. The van der Waals surface area contributed by atoms with E-state index < -0.39 is 10.0 Å². The predicted octanol–water partition coefficient (Wildman–Crippen LogP) is 3.02. The molecule has 0 aliphatic rings. The second-order valence-electron chi connectivity index (χ2n) is 5.77. The second-order valence-corrected chi connectivity index (χ2v) is 7.33. The van der Waals surface area contributed by atoms with Crippen LogP contribution in [0.1, 0.15) is 0 Å². The van der Waals surface area contributed by atoms with E-state index in [-0.39, 0.29) is 17.4 Å². The maximum atomic E-state index is 12.1. The summed E-state index contributed by atoms with van der Waals surface area (Å²) in [7, 11) is -3.76. The van der Waals surface area contributed by atoms with Crippen LogP contribution in [0.4, 0.5) is 5.69 Å². The van der Waals surface area contributed by atoms with Crippen LogP contribution in [0.2, 0.25) is 0 Å². The number of nitrogens with one attached hydrogen (secondary N) is 1. The highest BCUT2D eigenvalue weighted by Gasteiger charge is 2.10. The number of anilines is 1. The summed E-state index contributed by atoms with van der Waals surface area (Å²) in [4.78, 5) is 12.1. The Morgan fingerprint density at radius 1 is 0.889 bits per heavy atom. The number of amides is 1. The van der Waals surface area contributed by atoms with Crippen LogP contribution in [0.25, 0.3) is 11.1 Å². The Morgan fingerprint density at radius 3 is 2.19 bits per heavy atom. The number of para-hydroxylation sites is 1. The molecule has 0 saturated heterocycles. The molecule has 0 heterocycles. The molecule has 0 radical (unpaired) electrons. The van der Waals surface area contributed by atoms with Gasteiger partial charge >= 0.3 is 0 Å². The number of sulfonamides is 1. The zero-order valence-electron chi connectivity index (χ0n) is 14.3. The SMILES string of the molecule is NS(=O)(=O)c1ccc(NC(=O)COc2ccccc2-c2ccccc2)cc1. The lowest BCUT2D eigenvalue weighted by Crippen LogP contribution is -2.20. The lowest BCUT2D eigenvalue weighted by molar-refractivity contribution is -0.118. The lowest BCUT2D eigenvalue weighted by atomic mass is 10.1. The molecule has 3 aromatic carbocycles. The van der Waals surface area contributed by atoms with Crippen molar-refractivity contribution >= 4 is 21.6 Å². The highest BCUT2D eigenvalue weighted by molar-refractivity contribution is 7.89. The van der Waals surface area contributed by atoms with Crippen molar-refractivity contribution in [2.45, 2.75) is 4.90 Å². The van der Waals surface area contributed by atoms with Gasteiger partial charge in [-0.25, -0.2) is 13.6 Å². The molecule has 0 fully saturated rings. The van der Waals surface area contributed by atoms with Gasteiger partial charge in [0.1, 0.15) is 5.75 Å². The van der Waals surface area contributed by atoms with Gasteiger partial charge in [0, 0.05) is 11.3 Å². The zero-order chi connectivity index (χ0) is 19.3. The first kappa shape index (κ1) is 18.6. The van der Waals surface area contributed by atoms with E-state index in [2.05, 4.69) is 5.32 Å². The van der Waals surface area contributed by atoms with Crippen LogP contribution in [0.15, 0.2) is 83.8 Å². The van der Waals surface area contributed by atoms with E-state index in [0.717, 1.165) is 11.1 Å². The van der Waals surface area contributed by atoms with E-state index >= 15 is 0 Å². The minimum absolute atomic E-state index is 0.0199. The average Bonchev–Trinajstić information content (AvgIpc) is 2.67. The summed E-state index contributed by atoms with van der Waals surface area (Å²) in [6.45, 7) is -0.180. The third-order valence-corrected chi connectivity index (χ3v) is 4.73. The number of carbonyl (C=O) groups excluding carboxylic acids is 1. The summed E-state index contributed by atoms with van der Waals surface area (Å²) in [5, 5.41) is 7.70. The van der Waals surface area contributed by atoms with Crippen LogP contribution < -0.4 is 15.2 Å². The molecule has 1 amide bonds. The Balaban J connectivity index is 1.65. The van der Waals surface area contributed by atoms with Crippen molar-refractivity contribution in [3.05, 3.63) is 78.9 Å². The molecule has 3 N–H and O–H groups in total. The molecular formula is C20H18N2O4S. The van der Waals surface area contributed by atoms with Gasteiger partial charge in [-0.1, -0.05) is 48.5 Å². The standard InChI is InChI=1S/C20H18N2O4S/c21-27(24,25)17-12-10-16(11-13-17)22-20(23)14-26-19-9-5-4-8-18(19)15-6-2-1-3-7-15/h1-13H,14H2,(H,22,23)(H2,21,24,25). The van der Waals surface area contributed by atoms with Gasteiger partial charge in [-0.15, -0.1) is 0 Å². The van der Waals surface area contributed by atoms with E-state index in [1.165, 1.54) is 24.3 Å². The Hall–Kier alpha value is -3.16. The monoisotopic (exact) mass is 382 g/mol.